The molecule has 2 fully saturated rings. The predicted molar refractivity (Wildman–Crippen MR) is 45.1 cm³/mol. The predicted octanol–water partition coefficient (Wildman–Crippen LogP) is 0.392. The Morgan fingerprint density at radius 2 is 2.23 bits per heavy atom. The van der Waals surface area contributed by atoms with Crippen LogP contribution in [0.25, 0.3) is 0 Å². The van der Waals surface area contributed by atoms with Gasteiger partial charge in [0.05, 0.1) is 6.04 Å². The number of ketones is 1. The highest BCUT2D eigenvalue weighted by Crippen LogP contribution is 2.30. The summed E-state index contributed by atoms with van der Waals surface area (Å²) in [5, 5.41) is 9.16. The lowest BCUT2D eigenvalue weighted by molar-refractivity contribution is -0.125. The number of amides is 1. The second kappa shape index (κ2) is 2.58. The number of hydrogen-bond acceptors (Lipinski definition) is 3. The van der Waals surface area contributed by atoms with Crippen LogP contribution in [0.5, 0.6) is 0 Å². The summed E-state index contributed by atoms with van der Waals surface area (Å²) < 4.78 is 0. The molecule has 0 saturated carbocycles. The van der Waals surface area contributed by atoms with Crippen LogP contribution >= 0.6 is 0 Å². The lowest BCUT2D eigenvalue weighted by Gasteiger charge is -2.11. The summed E-state index contributed by atoms with van der Waals surface area (Å²) in [5.41, 5.74) is -0.00954. The maximum atomic E-state index is 11.6. The number of hydrogen-bond donors (Lipinski definition) is 1. The largest absolute Gasteiger partial charge is 0.512 e. The molecule has 0 unspecified atom stereocenters. The minimum atomic E-state index is -0.299. The number of aliphatic hydroxyl groups is 1. The highest BCUT2D eigenvalue weighted by molar-refractivity contribution is 6.26. The number of carbonyl (C=O) groups excluding carboxylic acids is 2. The first-order chi connectivity index (χ1) is 6.13. The molecule has 0 spiro atoms. The van der Waals surface area contributed by atoms with Crippen molar-refractivity contribution >= 4 is 11.7 Å². The Kier molecular flexibility index (Phi) is 1.65. The average Bonchev–Trinajstić information content (AvgIpc) is 2.56. The molecule has 4 nitrogen and oxygen atoms in total. The molecule has 2 saturated heterocycles. The third-order valence-electron chi connectivity index (χ3n) is 2.64. The van der Waals surface area contributed by atoms with E-state index in [0.717, 1.165) is 12.8 Å². The number of nitrogens with zero attached hydrogens (tertiary/aromatic N) is 1. The third-order valence-corrected chi connectivity index (χ3v) is 2.64. The molecule has 0 aromatic heterocycles. The van der Waals surface area contributed by atoms with Gasteiger partial charge in [-0.1, -0.05) is 0 Å². The maximum Gasteiger partial charge on any atom is 0.261 e. The van der Waals surface area contributed by atoms with Gasteiger partial charge in [-0.05, 0) is 19.8 Å². The average molecular weight is 181 g/mol. The Morgan fingerprint density at radius 3 is 2.77 bits per heavy atom. The SMILES string of the molecule is CC(O)=C1C(=O)[C@@H]2CCCN2C1=O. The molecule has 2 aliphatic rings. The fourth-order valence-corrected chi connectivity index (χ4v) is 2.03. The van der Waals surface area contributed by atoms with Crippen LogP contribution in [0.15, 0.2) is 11.3 Å². The molecule has 0 aromatic carbocycles. The van der Waals surface area contributed by atoms with E-state index in [0.29, 0.717) is 6.54 Å². The number of rotatable bonds is 0. The second-order valence-electron chi connectivity index (χ2n) is 3.48. The standard InChI is InChI=1S/C9H11NO3/c1-5(11)7-8(12)6-3-2-4-10(6)9(7)13/h6,11H,2-4H2,1H3/t6-/m0/s1. The van der Waals surface area contributed by atoms with Gasteiger partial charge in [-0.3, -0.25) is 9.59 Å². The quantitative estimate of drug-likeness (QED) is 0.334. The molecule has 2 aliphatic heterocycles. The lowest BCUT2D eigenvalue weighted by atomic mass is 10.1. The van der Waals surface area contributed by atoms with Crippen LogP contribution in [0.1, 0.15) is 19.8 Å². The van der Waals surface area contributed by atoms with Gasteiger partial charge >= 0.3 is 0 Å². The summed E-state index contributed by atoms with van der Waals surface area (Å²) in [6.45, 7) is 2.03. The van der Waals surface area contributed by atoms with Crippen LogP contribution < -0.4 is 0 Å². The fraction of sp³-hybridized carbons (Fsp3) is 0.556. The van der Waals surface area contributed by atoms with Crippen LogP contribution in [-0.2, 0) is 9.59 Å². The van der Waals surface area contributed by atoms with Gasteiger partial charge in [-0.15, -0.1) is 0 Å². The zero-order valence-electron chi connectivity index (χ0n) is 7.41. The molecule has 0 radical (unpaired) electrons. The minimum absolute atomic E-state index is 0.00954. The van der Waals surface area contributed by atoms with E-state index in [1.54, 1.807) is 4.90 Å². The van der Waals surface area contributed by atoms with Gasteiger partial charge in [-0.25, -0.2) is 0 Å². The van der Waals surface area contributed by atoms with E-state index in [1.807, 2.05) is 0 Å². The second-order valence-corrected chi connectivity index (χ2v) is 3.48. The van der Waals surface area contributed by atoms with Crippen molar-refractivity contribution in [3.63, 3.8) is 0 Å². The number of fused-ring (bicyclic) bond motifs is 1. The molecule has 2 rings (SSSR count). The molecule has 0 aliphatic carbocycles. The van der Waals surface area contributed by atoms with Gasteiger partial charge in [0.25, 0.3) is 5.91 Å². The lowest BCUT2D eigenvalue weighted by Crippen LogP contribution is -2.28. The first-order valence-corrected chi connectivity index (χ1v) is 4.38. The van der Waals surface area contributed by atoms with E-state index in [4.69, 9.17) is 5.11 Å². The van der Waals surface area contributed by atoms with Crippen molar-refractivity contribution in [3.8, 4) is 0 Å². The van der Waals surface area contributed by atoms with E-state index in [-0.39, 0.29) is 29.1 Å². The Bertz CT molecular complexity index is 291. The number of Topliss-reactive ketones (excluding diaryl/α,β-unsaturated/α-hetero) is 1. The number of carbonyl (C=O) groups is 2. The molecule has 1 N–H and O–H groups in total. The Labute approximate surface area is 75.8 Å². The van der Waals surface area contributed by atoms with Crippen LogP contribution in [0.4, 0.5) is 0 Å². The van der Waals surface area contributed by atoms with E-state index >= 15 is 0 Å². The molecule has 1 amide bonds. The molecule has 0 aromatic rings. The third kappa shape index (κ3) is 0.978. The van der Waals surface area contributed by atoms with E-state index in [9.17, 15) is 9.59 Å². The van der Waals surface area contributed by atoms with Gasteiger partial charge in [-0.2, -0.15) is 0 Å². The summed E-state index contributed by atoms with van der Waals surface area (Å²) >= 11 is 0. The van der Waals surface area contributed by atoms with E-state index < -0.39 is 0 Å². The van der Waals surface area contributed by atoms with Crippen molar-refractivity contribution in [2.75, 3.05) is 6.54 Å². The Hall–Kier alpha value is -1.32. The smallest absolute Gasteiger partial charge is 0.261 e. The van der Waals surface area contributed by atoms with Gasteiger partial charge in [0, 0.05) is 6.54 Å². The van der Waals surface area contributed by atoms with E-state index in [2.05, 4.69) is 0 Å². The highest BCUT2D eigenvalue weighted by Gasteiger charge is 2.46. The molecule has 70 valence electrons. The van der Waals surface area contributed by atoms with Gasteiger partial charge in [0.1, 0.15) is 11.3 Å². The van der Waals surface area contributed by atoms with Gasteiger partial charge < -0.3 is 10.0 Å². The molecule has 0 bridgehead atoms. The summed E-state index contributed by atoms with van der Waals surface area (Å²) in [6, 6.07) is -0.287. The number of allylic oxidation sites excluding steroid dienone is 1. The van der Waals surface area contributed by atoms with Crippen LogP contribution in [0, 0.1) is 0 Å². The first-order valence-electron chi connectivity index (χ1n) is 4.38. The molecular weight excluding hydrogens is 170 g/mol. The van der Waals surface area contributed by atoms with Crippen molar-refractivity contribution in [3.05, 3.63) is 11.3 Å². The Morgan fingerprint density at radius 1 is 1.54 bits per heavy atom. The van der Waals surface area contributed by atoms with Gasteiger partial charge in [0.2, 0.25) is 0 Å². The number of aliphatic hydroxyl groups excluding tert-OH is 1. The molecule has 4 heteroatoms. The Balaban J connectivity index is 2.43. The molecule has 2 heterocycles. The molecular formula is C9H11NO3. The van der Waals surface area contributed by atoms with Crippen molar-refractivity contribution in [2.45, 2.75) is 25.8 Å². The normalized spacial score (nSPS) is 31.2. The van der Waals surface area contributed by atoms with Crippen LogP contribution in [0.3, 0.4) is 0 Å². The topological polar surface area (TPSA) is 57.6 Å². The summed E-state index contributed by atoms with van der Waals surface area (Å²) in [4.78, 5) is 24.6. The van der Waals surface area contributed by atoms with Crippen LogP contribution in [0.2, 0.25) is 0 Å². The highest BCUT2D eigenvalue weighted by atomic mass is 16.3. The summed E-state index contributed by atoms with van der Waals surface area (Å²) in [7, 11) is 0. The van der Waals surface area contributed by atoms with Crippen LogP contribution in [-0.4, -0.2) is 34.3 Å². The van der Waals surface area contributed by atoms with Crippen molar-refractivity contribution in [2.24, 2.45) is 0 Å². The summed E-state index contributed by atoms with van der Waals surface area (Å²) in [5.74, 6) is -0.653. The van der Waals surface area contributed by atoms with Crippen molar-refractivity contribution in [1.29, 1.82) is 0 Å². The zero-order chi connectivity index (χ0) is 9.59. The van der Waals surface area contributed by atoms with Gasteiger partial charge in [0.15, 0.2) is 5.78 Å². The monoisotopic (exact) mass is 181 g/mol. The minimum Gasteiger partial charge on any atom is -0.512 e. The first kappa shape index (κ1) is 8.29. The van der Waals surface area contributed by atoms with Crippen molar-refractivity contribution < 1.29 is 14.7 Å². The van der Waals surface area contributed by atoms with Crippen molar-refractivity contribution in [1.82, 2.24) is 4.90 Å². The maximum absolute atomic E-state index is 11.6. The molecule has 1 atom stereocenters. The van der Waals surface area contributed by atoms with E-state index in [1.165, 1.54) is 6.92 Å². The molecule has 13 heavy (non-hydrogen) atoms. The summed E-state index contributed by atoms with van der Waals surface area (Å²) in [6.07, 6.45) is 1.63. The fourth-order valence-electron chi connectivity index (χ4n) is 2.03. The zero-order valence-corrected chi connectivity index (χ0v) is 7.41.